The number of amides is 3. The predicted molar refractivity (Wildman–Crippen MR) is 96.5 cm³/mol. The van der Waals surface area contributed by atoms with E-state index in [-0.39, 0.29) is 18.0 Å². The zero-order chi connectivity index (χ0) is 20.0. The van der Waals surface area contributed by atoms with Crippen LogP contribution in [0.5, 0.6) is 0 Å². The molecule has 144 valence electrons. The van der Waals surface area contributed by atoms with Crippen molar-refractivity contribution in [3.8, 4) is 0 Å². The molecule has 0 aliphatic rings. The summed E-state index contributed by atoms with van der Waals surface area (Å²) >= 11 is 0. The summed E-state index contributed by atoms with van der Waals surface area (Å²) < 4.78 is 37.9. The summed E-state index contributed by atoms with van der Waals surface area (Å²) in [5.74, 6) is -0.160. The van der Waals surface area contributed by atoms with Crippen molar-refractivity contribution in [2.45, 2.75) is 19.1 Å². The highest BCUT2D eigenvalue weighted by Crippen LogP contribution is 2.23. The van der Waals surface area contributed by atoms with Crippen LogP contribution in [0, 0.1) is 0 Å². The van der Waals surface area contributed by atoms with Gasteiger partial charge >= 0.3 is 12.2 Å². The van der Waals surface area contributed by atoms with Gasteiger partial charge in [0.15, 0.2) is 0 Å². The third-order valence-electron chi connectivity index (χ3n) is 3.74. The number of nitrogens with one attached hydrogen (secondary N) is 2. The van der Waals surface area contributed by atoms with Crippen LogP contribution in [0.1, 0.15) is 21.5 Å². The van der Waals surface area contributed by atoms with E-state index in [9.17, 15) is 22.8 Å². The highest BCUT2D eigenvalue weighted by molar-refractivity contribution is 5.95. The minimum absolute atomic E-state index is 0.0325. The Morgan fingerprint density at radius 1 is 0.963 bits per heavy atom. The van der Waals surface area contributed by atoms with Gasteiger partial charge in [-0.15, -0.1) is 0 Å². The zero-order valence-electron chi connectivity index (χ0n) is 14.9. The van der Waals surface area contributed by atoms with E-state index >= 15 is 0 Å². The Bertz CT molecular complexity index is 803. The van der Waals surface area contributed by atoms with Crippen molar-refractivity contribution in [2.75, 3.05) is 19.4 Å². The van der Waals surface area contributed by atoms with Gasteiger partial charge in [0.05, 0.1) is 6.42 Å². The van der Waals surface area contributed by atoms with Gasteiger partial charge in [-0.05, 0) is 35.4 Å². The van der Waals surface area contributed by atoms with E-state index in [0.29, 0.717) is 16.8 Å². The Hall–Kier alpha value is -3.03. The lowest BCUT2D eigenvalue weighted by molar-refractivity contribution is -0.127. The fraction of sp³-hybridized carbons (Fsp3) is 0.263. The molecule has 0 aliphatic carbocycles. The lowest BCUT2D eigenvalue weighted by Crippen LogP contribution is -2.29. The first-order valence-electron chi connectivity index (χ1n) is 8.16. The van der Waals surface area contributed by atoms with Crippen molar-refractivity contribution in [1.82, 2.24) is 10.2 Å². The number of carbonyl (C=O) groups excluding carboxylic acids is 2. The predicted octanol–water partition coefficient (Wildman–Crippen LogP) is 3.81. The smallest absolute Gasteiger partial charge is 0.345 e. The van der Waals surface area contributed by atoms with Crippen molar-refractivity contribution in [3.63, 3.8) is 0 Å². The average Bonchev–Trinajstić information content (AvgIpc) is 2.59. The molecule has 2 rings (SSSR count). The number of anilines is 1. The molecule has 3 amide bonds. The Balaban J connectivity index is 1.94. The van der Waals surface area contributed by atoms with Gasteiger partial charge in [0, 0.05) is 31.9 Å². The number of halogens is 3. The number of hydrogen-bond donors (Lipinski definition) is 2. The fourth-order valence-electron chi connectivity index (χ4n) is 2.42. The van der Waals surface area contributed by atoms with Gasteiger partial charge in [-0.3, -0.25) is 4.79 Å². The first-order valence-corrected chi connectivity index (χ1v) is 8.16. The third-order valence-corrected chi connectivity index (χ3v) is 3.74. The summed E-state index contributed by atoms with van der Waals surface area (Å²) in [5.41, 5.74) is 1.46. The van der Waals surface area contributed by atoms with Crippen molar-refractivity contribution in [2.24, 2.45) is 0 Å². The highest BCUT2D eigenvalue weighted by atomic mass is 19.4. The number of rotatable bonds is 5. The Kier molecular flexibility index (Phi) is 6.44. The molecule has 0 saturated heterocycles. The molecule has 2 aromatic rings. The minimum atomic E-state index is -4.32. The van der Waals surface area contributed by atoms with Crippen LogP contribution < -0.4 is 10.6 Å². The molecular weight excluding hydrogens is 359 g/mol. The van der Waals surface area contributed by atoms with E-state index in [0.717, 1.165) is 0 Å². The van der Waals surface area contributed by atoms with Crippen molar-refractivity contribution >= 4 is 17.6 Å². The lowest BCUT2D eigenvalue weighted by Gasteiger charge is -2.13. The maximum atomic E-state index is 12.6. The number of benzene rings is 2. The largest absolute Gasteiger partial charge is 0.393 e. The van der Waals surface area contributed by atoms with E-state index in [4.69, 9.17) is 0 Å². The van der Waals surface area contributed by atoms with Gasteiger partial charge in [0.25, 0.3) is 5.91 Å². The van der Waals surface area contributed by atoms with E-state index < -0.39 is 18.6 Å². The van der Waals surface area contributed by atoms with Crippen molar-refractivity contribution < 1.29 is 22.8 Å². The molecule has 0 heterocycles. The van der Waals surface area contributed by atoms with Crippen molar-refractivity contribution in [3.05, 3.63) is 65.2 Å². The van der Waals surface area contributed by atoms with Crippen LogP contribution in [0.15, 0.2) is 48.5 Å². The normalized spacial score (nSPS) is 11.0. The van der Waals surface area contributed by atoms with Crippen molar-refractivity contribution in [1.29, 1.82) is 0 Å². The monoisotopic (exact) mass is 379 g/mol. The van der Waals surface area contributed by atoms with Crippen LogP contribution in [0.4, 0.5) is 23.7 Å². The number of carbonyl (C=O) groups is 2. The van der Waals surface area contributed by atoms with Crippen LogP contribution in [0.2, 0.25) is 0 Å². The second-order valence-electron chi connectivity index (χ2n) is 6.15. The summed E-state index contributed by atoms with van der Waals surface area (Å²) in [4.78, 5) is 25.2. The maximum absolute atomic E-state index is 12.6. The second kappa shape index (κ2) is 8.57. The minimum Gasteiger partial charge on any atom is -0.345 e. The maximum Gasteiger partial charge on any atom is 0.393 e. The van der Waals surface area contributed by atoms with Crippen LogP contribution >= 0.6 is 0 Å². The molecule has 0 aromatic heterocycles. The van der Waals surface area contributed by atoms with Crippen LogP contribution in [-0.4, -0.2) is 37.1 Å². The number of urea groups is 1. The molecular formula is C19H20F3N3O2. The molecule has 8 heteroatoms. The molecule has 2 aromatic carbocycles. The van der Waals surface area contributed by atoms with Crippen LogP contribution in [-0.2, 0) is 13.0 Å². The molecule has 27 heavy (non-hydrogen) atoms. The van der Waals surface area contributed by atoms with Crippen LogP contribution in [0.3, 0.4) is 0 Å². The molecule has 5 nitrogen and oxygen atoms in total. The van der Waals surface area contributed by atoms with Gasteiger partial charge in [-0.25, -0.2) is 4.79 Å². The Labute approximate surface area is 155 Å². The second-order valence-corrected chi connectivity index (χ2v) is 6.15. The van der Waals surface area contributed by atoms with E-state index in [1.807, 2.05) is 0 Å². The van der Waals surface area contributed by atoms with Gasteiger partial charge < -0.3 is 15.5 Å². The SMILES string of the molecule is CN(C)C(=O)c1ccc(NC(=O)NCc2ccccc2CC(F)(F)F)cc1. The fourth-order valence-corrected chi connectivity index (χ4v) is 2.42. The average molecular weight is 379 g/mol. The molecule has 0 saturated carbocycles. The quantitative estimate of drug-likeness (QED) is 0.830. The summed E-state index contributed by atoms with van der Waals surface area (Å²) in [6, 6.07) is 11.8. The van der Waals surface area contributed by atoms with Gasteiger partial charge in [-0.1, -0.05) is 24.3 Å². The summed E-state index contributed by atoms with van der Waals surface area (Å²) in [6.07, 6.45) is -5.36. The number of alkyl halides is 3. The zero-order valence-corrected chi connectivity index (χ0v) is 14.9. The molecule has 0 spiro atoms. The lowest BCUT2D eigenvalue weighted by atomic mass is 10.0. The topological polar surface area (TPSA) is 61.4 Å². The number of nitrogens with zero attached hydrogens (tertiary/aromatic N) is 1. The molecule has 2 N–H and O–H groups in total. The van der Waals surface area contributed by atoms with E-state index in [1.54, 1.807) is 50.5 Å². The highest BCUT2D eigenvalue weighted by Gasteiger charge is 2.28. The Morgan fingerprint density at radius 2 is 1.56 bits per heavy atom. The van der Waals surface area contributed by atoms with Gasteiger partial charge in [0.2, 0.25) is 0 Å². The van der Waals surface area contributed by atoms with E-state index in [1.165, 1.54) is 17.0 Å². The van der Waals surface area contributed by atoms with Gasteiger partial charge in [0.1, 0.15) is 0 Å². The van der Waals surface area contributed by atoms with Gasteiger partial charge in [-0.2, -0.15) is 13.2 Å². The molecule has 0 unspecified atom stereocenters. The van der Waals surface area contributed by atoms with E-state index in [2.05, 4.69) is 10.6 Å². The molecule has 0 radical (unpaired) electrons. The molecule has 0 fully saturated rings. The summed E-state index contributed by atoms with van der Waals surface area (Å²) in [7, 11) is 3.27. The summed E-state index contributed by atoms with van der Waals surface area (Å²) in [6.45, 7) is -0.0325. The Morgan fingerprint density at radius 3 is 2.11 bits per heavy atom. The number of hydrogen-bond acceptors (Lipinski definition) is 2. The molecule has 0 bridgehead atoms. The molecule has 0 atom stereocenters. The molecule has 0 aliphatic heterocycles. The first-order chi connectivity index (χ1) is 12.7. The first kappa shape index (κ1) is 20.3. The van der Waals surface area contributed by atoms with Crippen LogP contribution in [0.25, 0.3) is 0 Å². The third kappa shape index (κ3) is 6.32. The standard InChI is InChI=1S/C19H20F3N3O2/c1-25(2)17(26)13-7-9-16(10-8-13)24-18(27)23-12-15-6-4-3-5-14(15)11-19(20,21)22/h3-10H,11-12H2,1-2H3,(H2,23,24,27). The summed E-state index contributed by atoms with van der Waals surface area (Å²) in [5, 5.41) is 5.11.